The van der Waals surface area contributed by atoms with Gasteiger partial charge in [-0.25, -0.2) is 0 Å². The molecule has 4 heteroatoms. The van der Waals surface area contributed by atoms with Crippen LogP contribution in [0.1, 0.15) is 36.8 Å². The Morgan fingerprint density at radius 2 is 1.74 bits per heavy atom. The summed E-state index contributed by atoms with van der Waals surface area (Å²) in [4.78, 5) is 2.14. The third-order valence-corrected chi connectivity index (χ3v) is 5.84. The Bertz CT molecular complexity index is 783. The van der Waals surface area contributed by atoms with Gasteiger partial charge in [-0.15, -0.1) is 0 Å². The van der Waals surface area contributed by atoms with Gasteiger partial charge in [0.15, 0.2) is 0 Å². The van der Waals surface area contributed by atoms with E-state index in [1.54, 1.807) is 6.07 Å². The molecule has 1 aliphatic carbocycles. The maximum Gasteiger partial charge on any atom is 0.0862 e. The van der Waals surface area contributed by atoms with Gasteiger partial charge in [0.25, 0.3) is 0 Å². The topological polar surface area (TPSA) is 23.5 Å². The van der Waals surface area contributed by atoms with Crippen LogP contribution in [0.25, 0.3) is 6.08 Å². The van der Waals surface area contributed by atoms with Crippen molar-refractivity contribution in [3.05, 3.63) is 75.3 Å². The Hall–Kier alpha value is -1.32. The van der Waals surface area contributed by atoms with Crippen molar-refractivity contribution in [3.63, 3.8) is 0 Å². The molecular formula is C23H27Cl2NO. The molecule has 0 bridgehead atoms. The summed E-state index contributed by atoms with van der Waals surface area (Å²) in [6.45, 7) is 0.733. The highest BCUT2D eigenvalue weighted by atomic mass is 35.5. The molecule has 2 nitrogen and oxygen atoms in total. The number of hydrogen-bond acceptors (Lipinski definition) is 2. The molecule has 2 aromatic rings. The van der Waals surface area contributed by atoms with E-state index < -0.39 is 11.5 Å². The largest absolute Gasteiger partial charge is 0.388 e. The number of likely N-dealkylation sites (N-methyl/N-ethyl adjacent to an activating group) is 1. The Labute approximate surface area is 172 Å². The van der Waals surface area contributed by atoms with Crippen LogP contribution < -0.4 is 0 Å². The van der Waals surface area contributed by atoms with E-state index in [4.69, 9.17) is 23.2 Å². The van der Waals surface area contributed by atoms with Gasteiger partial charge in [-0.3, -0.25) is 0 Å². The first kappa shape index (κ1) is 20.4. The minimum Gasteiger partial charge on any atom is -0.388 e. The lowest BCUT2D eigenvalue weighted by atomic mass is 9.70. The van der Waals surface area contributed by atoms with Crippen molar-refractivity contribution in [1.29, 1.82) is 0 Å². The molecule has 2 aromatic carbocycles. The smallest absolute Gasteiger partial charge is 0.0862 e. The van der Waals surface area contributed by atoms with E-state index >= 15 is 0 Å². The molecule has 27 heavy (non-hydrogen) atoms. The van der Waals surface area contributed by atoms with E-state index in [1.165, 1.54) is 0 Å². The zero-order valence-corrected chi connectivity index (χ0v) is 17.5. The van der Waals surface area contributed by atoms with E-state index in [1.807, 2.05) is 44.4 Å². The molecule has 144 valence electrons. The van der Waals surface area contributed by atoms with Crippen molar-refractivity contribution in [2.45, 2.75) is 37.2 Å². The van der Waals surface area contributed by atoms with Crippen LogP contribution in [0.4, 0.5) is 0 Å². The van der Waals surface area contributed by atoms with Gasteiger partial charge in [-0.2, -0.15) is 0 Å². The van der Waals surface area contributed by atoms with Crippen LogP contribution in [0.3, 0.4) is 0 Å². The highest BCUT2D eigenvalue weighted by Gasteiger charge is 2.43. The van der Waals surface area contributed by atoms with E-state index in [9.17, 15) is 5.11 Å². The summed E-state index contributed by atoms with van der Waals surface area (Å²) in [7, 11) is 4.10. The molecule has 0 saturated heterocycles. The Morgan fingerprint density at radius 3 is 2.37 bits per heavy atom. The Balaban J connectivity index is 2.11. The molecule has 2 unspecified atom stereocenters. The average Bonchev–Trinajstić information content (AvgIpc) is 2.76. The molecule has 1 aliphatic rings. The van der Waals surface area contributed by atoms with Crippen molar-refractivity contribution < 1.29 is 5.11 Å². The average molecular weight is 404 g/mol. The number of aliphatic hydroxyl groups excluding tert-OH is 1. The lowest BCUT2D eigenvalue weighted by Crippen LogP contribution is -2.47. The molecule has 2 atom stereocenters. The fourth-order valence-corrected chi connectivity index (χ4v) is 4.80. The maximum absolute atomic E-state index is 11.6. The van der Waals surface area contributed by atoms with Crippen LogP contribution >= 0.6 is 23.2 Å². The van der Waals surface area contributed by atoms with Gasteiger partial charge in [0.05, 0.1) is 6.10 Å². The molecule has 0 aromatic heterocycles. The van der Waals surface area contributed by atoms with Crippen molar-refractivity contribution in [1.82, 2.24) is 4.90 Å². The Morgan fingerprint density at radius 1 is 1.07 bits per heavy atom. The molecule has 0 amide bonds. The van der Waals surface area contributed by atoms with Crippen molar-refractivity contribution in [2.75, 3.05) is 20.6 Å². The first-order valence-electron chi connectivity index (χ1n) is 9.45. The zero-order valence-electron chi connectivity index (χ0n) is 16.0. The SMILES string of the molecule is CN(C)CC1(c2cc(Cl)cc(Cl)c2)CCCC/C(=C/c2ccccc2)C1O. The van der Waals surface area contributed by atoms with Crippen molar-refractivity contribution in [3.8, 4) is 0 Å². The number of nitrogens with zero attached hydrogens (tertiary/aromatic N) is 1. The zero-order chi connectivity index (χ0) is 19.4. The molecule has 1 fully saturated rings. The van der Waals surface area contributed by atoms with Gasteiger partial charge in [-0.1, -0.05) is 66.0 Å². The van der Waals surface area contributed by atoms with Crippen LogP contribution in [-0.4, -0.2) is 36.8 Å². The third-order valence-electron chi connectivity index (χ3n) is 5.40. The number of halogens is 2. The van der Waals surface area contributed by atoms with Crippen molar-refractivity contribution >= 4 is 29.3 Å². The molecule has 1 saturated carbocycles. The number of hydrogen-bond donors (Lipinski definition) is 1. The van der Waals surface area contributed by atoms with E-state index in [-0.39, 0.29) is 0 Å². The lowest BCUT2D eigenvalue weighted by Gasteiger charge is -2.41. The van der Waals surface area contributed by atoms with Crippen LogP contribution in [0, 0.1) is 0 Å². The number of rotatable bonds is 4. The second-order valence-electron chi connectivity index (χ2n) is 7.79. The summed E-state index contributed by atoms with van der Waals surface area (Å²) in [5, 5.41) is 12.8. The van der Waals surface area contributed by atoms with Crippen LogP contribution in [0.15, 0.2) is 54.1 Å². The van der Waals surface area contributed by atoms with Crippen LogP contribution in [0.5, 0.6) is 0 Å². The van der Waals surface area contributed by atoms with E-state index in [0.717, 1.165) is 48.9 Å². The van der Waals surface area contributed by atoms with E-state index in [0.29, 0.717) is 10.0 Å². The summed E-state index contributed by atoms with van der Waals surface area (Å²) in [5.41, 5.74) is 2.78. The normalized spacial score (nSPS) is 25.0. The summed E-state index contributed by atoms with van der Waals surface area (Å²) in [6, 6.07) is 15.9. The van der Waals surface area contributed by atoms with Crippen LogP contribution in [-0.2, 0) is 5.41 Å². The molecule has 0 radical (unpaired) electrons. The number of aliphatic hydroxyl groups is 1. The predicted octanol–water partition coefficient (Wildman–Crippen LogP) is 5.81. The lowest BCUT2D eigenvalue weighted by molar-refractivity contribution is 0.0859. The molecular weight excluding hydrogens is 377 g/mol. The van der Waals surface area contributed by atoms with Gasteiger partial charge < -0.3 is 10.0 Å². The summed E-state index contributed by atoms with van der Waals surface area (Å²) in [5.74, 6) is 0. The fourth-order valence-electron chi connectivity index (χ4n) is 4.28. The van der Waals surface area contributed by atoms with Gasteiger partial charge in [0, 0.05) is 22.0 Å². The second kappa shape index (κ2) is 8.79. The minimum absolute atomic E-state index is 0.435. The number of benzene rings is 2. The van der Waals surface area contributed by atoms with E-state index in [2.05, 4.69) is 23.1 Å². The molecule has 0 aliphatic heterocycles. The second-order valence-corrected chi connectivity index (χ2v) is 8.66. The minimum atomic E-state index is -0.586. The summed E-state index contributed by atoms with van der Waals surface area (Å²) < 4.78 is 0. The highest BCUT2D eigenvalue weighted by Crippen LogP contribution is 2.43. The Kier molecular flexibility index (Phi) is 6.65. The predicted molar refractivity (Wildman–Crippen MR) is 116 cm³/mol. The summed E-state index contributed by atoms with van der Waals surface area (Å²) in [6.07, 6.45) is 5.49. The molecule has 0 heterocycles. The van der Waals surface area contributed by atoms with Gasteiger partial charge in [0.1, 0.15) is 0 Å². The van der Waals surface area contributed by atoms with Gasteiger partial charge in [-0.05, 0) is 68.3 Å². The van der Waals surface area contributed by atoms with Gasteiger partial charge in [0.2, 0.25) is 0 Å². The molecule has 3 rings (SSSR count). The molecule has 1 N–H and O–H groups in total. The fraction of sp³-hybridized carbons (Fsp3) is 0.391. The van der Waals surface area contributed by atoms with Crippen LogP contribution in [0.2, 0.25) is 10.0 Å². The van der Waals surface area contributed by atoms with Crippen molar-refractivity contribution in [2.24, 2.45) is 0 Å². The molecule has 0 spiro atoms. The standard InChI is InChI=1S/C23H27Cl2NO/c1-26(2)16-23(19-13-20(24)15-21(25)14-19)11-7-6-10-18(22(23)27)12-17-8-4-3-5-9-17/h3-5,8-9,12-15,22,27H,6-7,10-11,16H2,1-2H3/b18-12-. The maximum atomic E-state index is 11.6. The first-order valence-corrected chi connectivity index (χ1v) is 10.2. The van der Waals surface area contributed by atoms with Gasteiger partial charge >= 0.3 is 0 Å². The summed E-state index contributed by atoms with van der Waals surface area (Å²) >= 11 is 12.7. The third kappa shape index (κ3) is 4.75. The highest BCUT2D eigenvalue weighted by molar-refractivity contribution is 6.34. The quantitative estimate of drug-likeness (QED) is 0.650. The monoisotopic (exact) mass is 403 g/mol. The first-order chi connectivity index (χ1) is 12.9.